The highest BCUT2D eigenvalue weighted by Crippen LogP contribution is 2.44. The number of carbonyl (C=O) groups is 1. The van der Waals surface area contributed by atoms with Crippen LogP contribution in [0.2, 0.25) is 0 Å². The van der Waals surface area contributed by atoms with E-state index in [2.05, 4.69) is 22.6 Å². The molecule has 2 heterocycles. The molecule has 3 aromatic rings. The number of nitrogens with one attached hydrogen (secondary N) is 1. The number of halogens is 1. The summed E-state index contributed by atoms with van der Waals surface area (Å²) in [6, 6.07) is 14.6. The number of rotatable bonds is 7. The summed E-state index contributed by atoms with van der Waals surface area (Å²) >= 11 is 0. The van der Waals surface area contributed by atoms with Crippen molar-refractivity contribution in [2.75, 3.05) is 13.2 Å². The van der Waals surface area contributed by atoms with E-state index < -0.39 is 6.09 Å². The molecule has 1 N–H and O–H groups in total. The van der Waals surface area contributed by atoms with Crippen LogP contribution in [0.25, 0.3) is 11.8 Å². The van der Waals surface area contributed by atoms with Gasteiger partial charge in [-0.05, 0) is 73.2 Å². The first-order valence-corrected chi connectivity index (χ1v) is 11.7. The molecule has 7 heteroatoms. The third-order valence-corrected chi connectivity index (χ3v) is 6.69. The normalized spacial score (nSPS) is 18.7. The van der Waals surface area contributed by atoms with E-state index in [0.29, 0.717) is 19.8 Å². The SMILES string of the molecule is CCOC(=O)NCc1ccccc1CCC12Cc3cnn(-c4ccc(F)cc4)c3C=C1CCO2. The summed E-state index contributed by atoms with van der Waals surface area (Å²) in [4.78, 5) is 11.7. The van der Waals surface area contributed by atoms with Gasteiger partial charge in [-0.25, -0.2) is 13.9 Å². The molecule has 1 aliphatic heterocycles. The molecule has 1 saturated heterocycles. The third kappa shape index (κ3) is 4.35. The van der Waals surface area contributed by atoms with E-state index in [-0.39, 0.29) is 11.4 Å². The number of hydrogen-bond acceptors (Lipinski definition) is 4. The van der Waals surface area contributed by atoms with E-state index in [1.54, 1.807) is 19.1 Å². The van der Waals surface area contributed by atoms with Gasteiger partial charge < -0.3 is 14.8 Å². The predicted octanol–water partition coefficient (Wildman–Crippen LogP) is 4.99. The molecule has 1 aliphatic carbocycles. The number of amides is 1. The third-order valence-electron chi connectivity index (χ3n) is 6.69. The first-order valence-electron chi connectivity index (χ1n) is 11.7. The maximum absolute atomic E-state index is 13.4. The lowest BCUT2D eigenvalue weighted by molar-refractivity contribution is 0.0175. The van der Waals surface area contributed by atoms with Gasteiger partial charge in [0.15, 0.2) is 0 Å². The van der Waals surface area contributed by atoms with Gasteiger partial charge >= 0.3 is 6.09 Å². The highest BCUT2D eigenvalue weighted by Gasteiger charge is 2.43. The second-order valence-corrected chi connectivity index (χ2v) is 8.73. The molecule has 6 nitrogen and oxygen atoms in total. The molecule has 0 saturated carbocycles. The fourth-order valence-corrected chi connectivity index (χ4v) is 4.97. The Morgan fingerprint density at radius 3 is 2.79 bits per heavy atom. The summed E-state index contributed by atoms with van der Waals surface area (Å²) in [7, 11) is 0. The minimum Gasteiger partial charge on any atom is -0.450 e. The summed E-state index contributed by atoms with van der Waals surface area (Å²) < 4.78 is 26.6. The number of nitrogens with zero attached hydrogens (tertiary/aromatic N) is 2. The van der Waals surface area contributed by atoms with E-state index in [9.17, 15) is 9.18 Å². The second-order valence-electron chi connectivity index (χ2n) is 8.73. The largest absolute Gasteiger partial charge is 0.450 e. The summed E-state index contributed by atoms with van der Waals surface area (Å²) in [5.74, 6) is -0.260. The van der Waals surface area contributed by atoms with Crippen molar-refractivity contribution in [1.82, 2.24) is 15.1 Å². The maximum atomic E-state index is 13.4. The monoisotopic (exact) mass is 461 g/mol. The lowest BCUT2D eigenvalue weighted by Crippen LogP contribution is -2.35. The summed E-state index contributed by atoms with van der Waals surface area (Å²) in [6.45, 7) is 3.27. The van der Waals surface area contributed by atoms with E-state index in [0.717, 1.165) is 48.2 Å². The highest BCUT2D eigenvalue weighted by atomic mass is 19.1. The Labute approximate surface area is 198 Å². The van der Waals surface area contributed by atoms with Crippen LogP contribution in [-0.4, -0.2) is 34.7 Å². The summed E-state index contributed by atoms with van der Waals surface area (Å²) in [5.41, 5.74) is 6.23. The van der Waals surface area contributed by atoms with Crippen molar-refractivity contribution in [2.24, 2.45) is 0 Å². The zero-order chi connectivity index (χ0) is 23.5. The Morgan fingerprint density at radius 2 is 2.00 bits per heavy atom. The summed E-state index contributed by atoms with van der Waals surface area (Å²) in [6.07, 6.45) is 7.02. The van der Waals surface area contributed by atoms with E-state index in [4.69, 9.17) is 9.47 Å². The molecule has 1 amide bonds. The van der Waals surface area contributed by atoms with Crippen LogP contribution in [0.5, 0.6) is 0 Å². The van der Waals surface area contributed by atoms with Crippen LogP contribution in [0.15, 0.2) is 60.3 Å². The van der Waals surface area contributed by atoms with E-state index in [1.165, 1.54) is 23.3 Å². The molecule has 0 bridgehead atoms. The van der Waals surface area contributed by atoms with Gasteiger partial charge in [0.2, 0.25) is 0 Å². The van der Waals surface area contributed by atoms with Crippen molar-refractivity contribution in [3.63, 3.8) is 0 Å². The Bertz CT molecular complexity index is 1220. The Morgan fingerprint density at radius 1 is 1.21 bits per heavy atom. The predicted molar refractivity (Wildman–Crippen MR) is 127 cm³/mol. The number of carbonyl (C=O) groups excluding carboxylic acids is 1. The molecule has 1 fully saturated rings. The van der Waals surface area contributed by atoms with Crippen molar-refractivity contribution in [3.05, 3.63) is 88.5 Å². The average Bonchev–Trinajstić information content (AvgIpc) is 3.44. The summed E-state index contributed by atoms with van der Waals surface area (Å²) in [5, 5.41) is 7.41. The van der Waals surface area contributed by atoms with Crippen LogP contribution in [0.1, 0.15) is 42.1 Å². The van der Waals surface area contributed by atoms with Crippen molar-refractivity contribution >= 4 is 12.2 Å². The number of aromatic nitrogens is 2. The van der Waals surface area contributed by atoms with Crippen LogP contribution in [0, 0.1) is 5.82 Å². The first-order chi connectivity index (χ1) is 16.6. The molecule has 1 unspecified atom stereocenters. The maximum Gasteiger partial charge on any atom is 0.407 e. The lowest BCUT2D eigenvalue weighted by atomic mass is 9.78. The van der Waals surface area contributed by atoms with Gasteiger partial charge in [0.05, 0.1) is 36.4 Å². The fraction of sp³-hybridized carbons (Fsp3) is 0.333. The second kappa shape index (κ2) is 9.43. The number of benzene rings is 2. The van der Waals surface area contributed by atoms with Crippen molar-refractivity contribution in [1.29, 1.82) is 0 Å². The minimum absolute atomic E-state index is 0.260. The van der Waals surface area contributed by atoms with Gasteiger partial charge in [0.1, 0.15) is 5.82 Å². The number of aryl methyl sites for hydroxylation is 1. The van der Waals surface area contributed by atoms with Crippen LogP contribution >= 0.6 is 0 Å². The van der Waals surface area contributed by atoms with Crippen LogP contribution in [-0.2, 0) is 28.9 Å². The topological polar surface area (TPSA) is 65.4 Å². The number of hydrogen-bond donors (Lipinski definition) is 1. The molecule has 34 heavy (non-hydrogen) atoms. The highest BCUT2D eigenvalue weighted by molar-refractivity contribution is 5.67. The van der Waals surface area contributed by atoms with Gasteiger partial charge in [0.25, 0.3) is 0 Å². The molecule has 0 radical (unpaired) electrons. The molecule has 2 aliphatic rings. The van der Waals surface area contributed by atoms with Crippen molar-refractivity contribution < 1.29 is 18.7 Å². The zero-order valence-electron chi connectivity index (χ0n) is 19.2. The fourth-order valence-electron chi connectivity index (χ4n) is 4.97. The molecular formula is C27H28FN3O3. The van der Waals surface area contributed by atoms with E-state index >= 15 is 0 Å². The van der Waals surface area contributed by atoms with Gasteiger partial charge in [-0.15, -0.1) is 0 Å². The number of fused-ring (bicyclic) bond motifs is 2. The number of ether oxygens (including phenoxy) is 2. The number of alkyl carbamates (subject to hydrolysis) is 1. The Hall–Kier alpha value is -3.45. The Balaban J connectivity index is 1.35. The molecular weight excluding hydrogens is 433 g/mol. The lowest BCUT2D eigenvalue weighted by Gasteiger charge is -2.33. The van der Waals surface area contributed by atoms with Crippen molar-refractivity contribution in [2.45, 2.75) is 44.8 Å². The molecule has 1 aromatic heterocycles. The van der Waals surface area contributed by atoms with Crippen LogP contribution in [0.4, 0.5) is 9.18 Å². The van der Waals surface area contributed by atoms with Crippen molar-refractivity contribution in [3.8, 4) is 5.69 Å². The first kappa shape index (κ1) is 22.3. The van der Waals surface area contributed by atoms with E-state index in [1.807, 2.05) is 29.1 Å². The molecule has 176 valence electrons. The Kier molecular flexibility index (Phi) is 6.20. The quantitative estimate of drug-likeness (QED) is 0.539. The van der Waals surface area contributed by atoms with Crippen LogP contribution in [0.3, 0.4) is 0 Å². The zero-order valence-corrected chi connectivity index (χ0v) is 19.2. The van der Waals surface area contributed by atoms with Gasteiger partial charge in [0, 0.05) is 18.5 Å². The molecule has 1 atom stereocenters. The van der Waals surface area contributed by atoms with Crippen LogP contribution < -0.4 is 5.32 Å². The van der Waals surface area contributed by atoms with Gasteiger partial charge in [-0.2, -0.15) is 5.10 Å². The molecule has 0 spiro atoms. The molecule has 5 rings (SSSR count). The minimum atomic E-state index is -0.404. The average molecular weight is 462 g/mol. The van der Waals surface area contributed by atoms with Gasteiger partial charge in [-0.1, -0.05) is 24.3 Å². The molecule has 2 aromatic carbocycles. The smallest absolute Gasteiger partial charge is 0.407 e. The van der Waals surface area contributed by atoms with Gasteiger partial charge in [-0.3, -0.25) is 0 Å². The standard InChI is InChI=1S/C27H28FN3O3/c1-2-33-26(32)29-17-20-6-4-3-5-19(20)11-13-27-16-21-18-30-31(24-9-7-23(28)8-10-24)25(21)15-22(27)12-14-34-27/h3-10,15,18H,2,11-14,16-17H2,1H3,(H,29,32).